The summed E-state index contributed by atoms with van der Waals surface area (Å²) in [4.78, 5) is 27.4. The Kier molecular flexibility index (Phi) is 5.77. The van der Waals surface area contributed by atoms with Gasteiger partial charge in [0.15, 0.2) is 0 Å². The minimum absolute atomic E-state index is 0.0264. The summed E-state index contributed by atoms with van der Waals surface area (Å²) in [6.07, 6.45) is -0.392. The van der Waals surface area contributed by atoms with E-state index < -0.39 is 21.7 Å². The third kappa shape index (κ3) is 5.60. The Morgan fingerprint density at radius 2 is 1.54 bits per heavy atom. The van der Waals surface area contributed by atoms with E-state index in [4.69, 9.17) is 9.88 Å². The highest BCUT2D eigenvalue weighted by molar-refractivity contribution is 7.89. The number of piperazine rings is 1. The molecule has 0 saturated carbocycles. The number of carbonyl (C=O) groups is 2. The van der Waals surface area contributed by atoms with E-state index in [1.165, 1.54) is 24.3 Å². The van der Waals surface area contributed by atoms with Gasteiger partial charge in [-0.15, -0.1) is 0 Å². The van der Waals surface area contributed by atoms with Gasteiger partial charge >= 0.3 is 12.1 Å². The van der Waals surface area contributed by atoms with E-state index in [9.17, 15) is 18.0 Å². The maximum Gasteiger partial charge on any atom is 0.410 e. The van der Waals surface area contributed by atoms with Gasteiger partial charge in [0.05, 0.1) is 4.90 Å². The summed E-state index contributed by atoms with van der Waals surface area (Å²) < 4.78 is 27.8. The number of nitrogens with zero attached hydrogens (tertiary/aromatic N) is 2. The Balaban J connectivity index is 1.87. The second-order valence-electron chi connectivity index (χ2n) is 6.95. The lowest BCUT2D eigenvalue weighted by Gasteiger charge is -2.35. The van der Waals surface area contributed by atoms with Gasteiger partial charge in [-0.2, -0.15) is 0 Å². The van der Waals surface area contributed by atoms with Gasteiger partial charge in [0, 0.05) is 31.9 Å². The second kappa shape index (κ2) is 7.50. The van der Waals surface area contributed by atoms with Crippen molar-refractivity contribution in [3.63, 3.8) is 0 Å². The van der Waals surface area contributed by atoms with Crippen molar-refractivity contribution in [1.82, 2.24) is 9.80 Å². The third-order valence-electron chi connectivity index (χ3n) is 3.65. The molecule has 3 N–H and O–H groups in total. The van der Waals surface area contributed by atoms with Gasteiger partial charge in [-0.25, -0.2) is 23.1 Å². The van der Waals surface area contributed by atoms with E-state index in [-0.39, 0.29) is 10.9 Å². The molecule has 1 aromatic rings. The molecule has 0 bridgehead atoms. The molecule has 144 valence electrons. The molecule has 0 aromatic heterocycles. The molecule has 0 atom stereocenters. The van der Waals surface area contributed by atoms with Gasteiger partial charge in [0.2, 0.25) is 10.0 Å². The Morgan fingerprint density at radius 3 is 2.00 bits per heavy atom. The highest BCUT2D eigenvalue weighted by atomic mass is 32.2. The largest absolute Gasteiger partial charge is 0.444 e. The number of benzene rings is 1. The summed E-state index contributed by atoms with van der Waals surface area (Å²) in [6.45, 7) is 6.92. The van der Waals surface area contributed by atoms with Crippen molar-refractivity contribution < 1.29 is 22.7 Å². The first-order valence-electron chi connectivity index (χ1n) is 8.12. The Bertz CT molecular complexity index is 763. The fourth-order valence-electron chi connectivity index (χ4n) is 2.35. The van der Waals surface area contributed by atoms with E-state index in [1.807, 2.05) is 0 Å². The van der Waals surface area contributed by atoms with Crippen LogP contribution in [0.2, 0.25) is 0 Å². The first-order chi connectivity index (χ1) is 12.0. The second-order valence-corrected chi connectivity index (χ2v) is 8.52. The van der Waals surface area contributed by atoms with Crippen molar-refractivity contribution in [2.75, 3.05) is 31.5 Å². The highest BCUT2D eigenvalue weighted by Gasteiger charge is 2.27. The van der Waals surface area contributed by atoms with E-state index in [2.05, 4.69) is 5.32 Å². The number of nitrogens with one attached hydrogen (secondary N) is 1. The van der Waals surface area contributed by atoms with Gasteiger partial charge in [-0.3, -0.25) is 0 Å². The first kappa shape index (κ1) is 20.0. The minimum Gasteiger partial charge on any atom is -0.444 e. The summed E-state index contributed by atoms with van der Waals surface area (Å²) >= 11 is 0. The number of rotatable bonds is 2. The number of sulfonamides is 1. The topological polar surface area (TPSA) is 122 Å². The molecule has 0 spiro atoms. The van der Waals surface area contributed by atoms with Crippen LogP contribution in [0.25, 0.3) is 0 Å². The Morgan fingerprint density at radius 1 is 1.04 bits per heavy atom. The molecule has 2 rings (SSSR count). The van der Waals surface area contributed by atoms with Gasteiger partial charge in [0.25, 0.3) is 0 Å². The summed E-state index contributed by atoms with van der Waals surface area (Å²) in [5.74, 6) is 0. The van der Waals surface area contributed by atoms with Gasteiger partial charge in [-0.05, 0) is 45.0 Å². The van der Waals surface area contributed by atoms with Crippen LogP contribution in [0.1, 0.15) is 20.8 Å². The fourth-order valence-corrected chi connectivity index (χ4v) is 2.86. The molecule has 1 heterocycles. The van der Waals surface area contributed by atoms with Gasteiger partial charge < -0.3 is 19.9 Å². The number of hydrogen-bond donors (Lipinski definition) is 2. The number of anilines is 1. The molecule has 1 aliphatic rings. The number of amides is 3. The molecule has 10 heteroatoms. The molecule has 1 fully saturated rings. The van der Waals surface area contributed by atoms with Gasteiger partial charge in [0.1, 0.15) is 5.60 Å². The molecular formula is C16H24N4O5S. The van der Waals surface area contributed by atoms with Crippen molar-refractivity contribution in [2.24, 2.45) is 5.14 Å². The van der Waals surface area contributed by atoms with Crippen LogP contribution < -0.4 is 10.5 Å². The van der Waals surface area contributed by atoms with Crippen molar-refractivity contribution in [2.45, 2.75) is 31.3 Å². The first-order valence-corrected chi connectivity index (χ1v) is 9.67. The van der Waals surface area contributed by atoms with Crippen LogP contribution >= 0.6 is 0 Å². The lowest BCUT2D eigenvalue weighted by atomic mass is 10.2. The monoisotopic (exact) mass is 384 g/mol. The molecule has 3 amide bonds. The number of urea groups is 1. The molecule has 26 heavy (non-hydrogen) atoms. The third-order valence-corrected chi connectivity index (χ3v) is 4.58. The van der Waals surface area contributed by atoms with Crippen molar-refractivity contribution >= 4 is 27.8 Å². The van der Waals surface area contributed by atoms with Crippen LogP contribution in [0.5, 0.6) is 0 Å². The number of ether oxygens (including phenoxy) is 1. The highest BCUT2D eigenvalue weighted by Crippen LogP contribution is 2.15. The van der Waals surface area contributed by atoms with E-state index in [1.54, 1.807) is 30.6 Å². The van der Waals surface area contributed by atoms with Gasteiger partial charge in [-0.1, -0.05) is 0 Å². The Labute approximate surface area is 153 Å². The van der Waals surface area contributed by atoms with E-state index >= 15 is 0 Å². The Hall–Kier alpha value is -2.33. The number of primary sulfonamides is 1. The van der Waals surface area contributed by atoms with Crippen LogP contribution in [0.3, 0.4) is 0 Å². The average Bonchev–Trinajstić information content (AvgIpc) is 2.53. The quantitative estimate of drug-likeness (QED) is 0.798. The predicted molar refractivity (Wildman–Crippen MR) is 96.2 cm³/mol. The van der Waals surface area contributed by atoms with Crippen molar-refractivity contribution in [3.8, 4) is 0 Å². The normalized spacial score (nSPS) is 15.5. The smallest absolute Gasteiger partial charge is 0.410 e. The molecule has 1 aromatic carbocycles. The molecule has 0 aliphatic carbocycles. The summed E-state index contributed by atoms with van der Waals surface area (Å²) in [5.41, 5.74) is -0.105. The number of nitrogens with two attached hydrogens (primary N) is 1. The zero-order chi connectivity index (χ0) is 19.5. The standard InChI is InChI=1S/C16H24N4O5S/c1-16(2,3)25-15(22)20-10-8-19(9-11-20)14(21)18-12-4-6-13(7-5-12)26(17,23)24/h4-7H,8-11H2,1-3H3,(H,18,21)(H2,17,23,24). The lowest BCUT2D eigenvalue weighted by Crippen LogP contribution is -2.52. The van der Waals surface area contributed by atoms with E-state index in [0.29, 0.717) is 31.9 Å². The zero-order valence-electron chi connectivity index (χ0n) is 15.1. The van der Waals surface area contributed by atoms with Crippen LogP contribution in [0, 0.1) is 0 Å². The van der Waals surface area contributed by atoms with E-state index in [0.717, 1.165) is 0 Å². The maximum absolute atomic E-state index is 12.3. The van der Waals surface area contributed by atoms with Crippen molar-refractivity contribution in [3.05, 3.63) is 24.3 Å². The van der Waals surface area contributed by atoms with Crippen LogP contribution in [0.4, 0.5) is 15.3 Å². The summed E-state index contributed by atoms with van der Waals surface area (Å²) in [5, 5.41) is 7.72. The summed E-state index contributed by atoms with van der Waals surface area (Å²) in [6, 6.07) is 5.26. The zero-order valence-corrected chi connectivity index (χ0v) is 15.9. The van der Waals surface area contributed by atoms with Crippen LogP contribution in [-0.2, 0) is 14.8 Å². The predicted octanol–water partition coefficient (Wildman–Crippen LogP) is 1.42. The molecule has 1 saturated heterocycles. The van der Waals surface area contributed by atoms with Crippen LogP contribution in [0.15, 0.2) is 29.2 Å². The SMILES string of the molecule is CC(C)(C)OC(=O)N1CCN(C(=O)Nc2ccc(S(N)(=O)=O)cc2)CC1. The molecule has 0 radical (unpaired) electrons. The van der Waals surface area contributed by atoms with Crippen LogP contribution in [-0.4, -0.2) is 62.1 Å². The molecule has 9 nitrogen and oxygen atoms in total. The molecule has 1 aliphatic heterocycles. The maximum atomic E-state index is 12.3. The van der Waals surface area contributed by atoms with Crippen molar-refractivity contribution in [1.29, 1.82) is 0 Å². The minimum atomic E-state index is -3.77. The number of carbonyl (C=O) groups excluding carboxylic acids is 2. The molecular weight excluding hydrogens is 360 g/mol. The number of hydrogen-bond acceptors (Lipinski definition) is 5. The lowest BCUT2D eigenvalue weighted by molar-refractivity contribution is 0.0174. The summed E-state index contributed by atoms with van der Waals surface area (Å²) in [7, 11) is -3.77. The fraction of sp³-hybridized carbons (Fsp3) is 0.500. The molecule has 0 unspecified atom stereocenters. The average molecular weight is 384 g/mol.